The van der Waals surface area contributed by atoms with E-state index in [1.165, 1.54) is 13.3 Å². The number of nitrogens with zero attached hydrogens (tertiary/aromatic N) is 2. The summed E-state index contributed by atoms with van der Waals surface area (Å²) >= 11 is 0. The number of fused-ring (bicyclic) bond motifs is 3. The van der Waals surface area contributed by atoms with E-state index >= 15 is 0 Å². The van der Waals surface area contributed by atoms with E-state index < -0.39 is 11.6 Å². The minimum Gasteiger partial charge on any atom is -0.465 e. The van der Waals surface area contributed by atoms with Crippen LogP contribution in [0.4, 0.5) is 5.82 Å². The van der Waals surface area contributed by atoms with Crippen molar-refractivity contribution in [2.75, 3.05) is 38.3 Å². The molecular formula is C41H59N5O5. The fourth-order valence-corrected chi connectivity index (χ4v) is 9.90. The number of nitrogens with one attached hydrogen (secondary N) is 2. The lowest BCUT2D eigenvalue weighted by molar-refractivity contribution is -0.188. The fourth-order valence-electron chi connectivity index (χ4n) is 9.90. The smallest absolute Gasteiger partial charge is 0.358 e. The molecule has 10 heteroatoms. The van der Waals surface area contributed by atoms with Crippen LogP contribution in [0.3, 0.4) is 0 Å². The van der Waals surface area contributed by atoms with Crippen molar-refractivity contribution in [1.29, 1.82) is 5.41 Å². The highest BCUT2D eigenvalue weighted by atomic mass is 16.6. The Morgan fingerprint density at radius 3 is 2.43 bits per heavy atom. The van der Waals surface area contributed by atoms with E-state index in [1.54, 1.807) is 6.07 Å². The number of methoxy groups -OCH3 is 1. The number of benzene rings is 1. The quantitative estimate of drug-likeness (QED) is 0.166. The molecule has 2 aromatic rings. The topological polar surface area (TPSA) is 140 Å². The third-order valence-corrected chi connectivity index (χ3v) is 10.7. The van der Waals surface area contributed by atoms with Gasteiger partial charge in [0, 0.05) is 49.2 Å². The van der Waals surface area contributed by atoms with Crippen LogP contribution in [-0.4, -0.2) is 67.7 Å². The van der Waals surface area contributed by atoms with Crippen molar-refractivity contribution >= 4 is 29.5 Å². The standard InChI is InChI=1S/C41H59N5O5/c1-27(44-26-40(8)23-39(7)21-38(5,6)22-41(24-39,25-40)50-18-16-42)31(19-43)29-13-14-33(45-34(29)36(48)51-37(2,3)4)46-17-15-28-11-10-12-30(32(28)20-46)35(47)49-9/h10-14,19,43-44H,15-18,20-26,42H2,1-9H3/b31-27+,43-19?. The number of anilines is 1. The Bertz CT molecular complexity index is 1690. The number of nitrogens with two attached hydrogens (primary N) is 1. The SMILES string of the molecule is COC(=O)c1cccc2c1CN(c1ccc(/C(C=N)=C(\C)NCC3(C)CC4(C)CC(C)(C)CC(OCCN)(C3)C4)c(C(=O)OC(C)(C)C)n1)CC2. The maximum Gasteiger partial charge on any atom is 0.358 e. The van der Waals surface area contributed by atoms with Gasteiger partial charge in [-0.2, -0.15) is 0 Å². The molecule has 0 radical (unpaired) electrons. The van der Waals surface area contributed by atoms with E-state index in [4.69, 9.17) is 30.3 Å². The van der Waals surface area contributed by atoms with Crippen LogP contribution in [-0.2, 0) is 27.2 Å². The molecule has 0 amide bonds. The Balaban J connectivity index is 1.46. The van der Waals surface area contributed by atoms with Gasteiger partial charge in [0.05, 0.1) is 24.9 Å². The number of carbonyl (C=O) groups excluding carboxylic acids is 2. The monoisotopic (exact) mass is 701 g/mol. The molecule has 0 saturated heterocycles. The van der Waals surface area contributed by atoms with Crippen LogP contribution in [0.15, 0.2) is 36.0 Å². The van der Waals surface area contributed by atoms with Gasteiger partial charge in [0.2, 0.25) is 0 Å². The summed E-state index contributed by atoms with van der Waals surface area (Å²) in [5.74, 6) is -0.336. The van der Waals surface area contributed by atoms with E-state index in [1.807, 2.05) is 52.0 Å². The Morgan fingerprint density at radius 2 is 1.76 bits per heavy atom. The Kier molecular flexibility index (Phi) is 10.8. The average Bonchev–Trinajstić information content (AvgIpc) is 3.03. The lowest BCUT2D eigenvalue weighted by Crippen LogP contribution is -2.58. The molecule has 4 N–H and O–H groups in total. The summed E-state index contributed by atoms with van der Waals surface area (Å²) in [6, 6.07) is 9.44. The molecule has 2 aliphatic carbocycles. The molecule has 3 unspecified atom stereocenters. The zero-order chi connectivity index (χ0) is 37.4. The second-order valence-electron chi connectivity index (χ2n) is 17.7. The lowest BCUT2D eigenvalue weighted by atomic mass is 9.48. The summed E-state index contributed by atoms with van der Waals surface area (Å²) in [6.07, 6.45) is 7.20. The first-order valence-electron chi connectivity index (χ1n) is 18.3. The zero-order valence-corrected chi connectivity index (χ0v) is 32.3. The highest BCUT2D eigenvalue weighted by Crippen LogP contribution is 2.62. The molecule has 2 fully saturated rings. The number of rotatable bonds is 11. The molecule has 1 aliphatic heterocycles. The van der Waals surface area contributed by atoms with Crippen LogP contribution < -0.4 is 16.0 Å². The Labute approximate surface area is 304 Å². The first kappa shape index (κ1) is 38.5. The Hall–Kier alpha value is -3.76. The highest BCUT2D eigenvalue weighted by Gasteiger charge is 2.57. The van der Waals surface area contributed by atoms with Crippen LogP contribution in [0, 0.1) is 21.7 Å². The number of hydrogen-bond donors (Lipinski definition) is 3. The minimum absolute atomic E-state index is 0.0593. The number of hydrogen-bond acceptors (Lipinski definition) is 10. The minimum atomic E-state index is -0.742. The maximum atomic E-state index is 13.8. The maximum absolute atomic E-state index is 13.8. The van der Waals surface area contributed by atoms with Crippen molar-refractivity contribution in [3.63, 3.8) is 0 Å². The molecule has 3 aliphatic rings. The fraction of sp³-hybridized carbons (Fsp3) is 0.610. The number of pyridine rings is 1. The van der Waals surface area contributed by atoms with E-state index in [0.29, 0.717) is 61.7 Å². The van der Waals surface area contributed by atoms with E-state index in [9.17, 15) is 9.59 Å². The van der Waals surface area contributed by atoms with Gasteiger partial charge in [0.15, 0.2) is 5.69 Å². The van der Waals surface area contributed by atoms with Crippen LogP contribution in [0.5, 0.6) is 0 Å². The zero-order valence-electron chi connectivity index (χ0n) is 32.3. The second kappa shape index (κ2) is 14.3. The molecule has 51 heavy (non-hydrogen) atoms. The van der Waals surface area contributed by atoms with Crippen molar-refractivity contribution in [3.05, 3.63) is 64.0 Å². The lowest BCUT2D eigenvalue weighted by Gasteiger charge is -2.61. The van der Waals surface area contributed by atoms with E-state index in [-0.39, 0.29) is 33.5 Å². The second-order valence-corrected chi connectivity index (χ2v) is 17.7. The Morgan fingerprint density at radius 1 is 1.02 bits per heavy atom. The molecule has 3 atom stereocenters. The first-order chi connectivity index (χ1) is 23.8. The van der Waals surface area contributed by atoms with Gasteiger partial charge in [-0.3, -0.25) is 0 Å². The van der Waals surface area contributed by atoms with E-state index in [0.717, 1.165) is 48.9 Å². The van der Waals surface area contributed by atoms with Crippen molar-refractivity contribution < 1.29 is 23.8 Å². The summed E-state index contributed by atoms with van der Waals surface area (Å²) in [6.45, 7) is 19.8. The summed E-state index contributed by atoms with van der Waals surface area (Å²) < 4.78 is 17.6. The molecule has 10 nitrogen and oxygen atoms in total. The van der Waals surface area contributed by atoms with Gasteiger partial charge in [-0.15, -0.1) is 0 Å². The third kappa shape index (κ3) is 8.66. The van der Waals surface area contributed by atoms with Gasteiger partial charge in [-0.1, -0.05) is 39.8 Å². The number of esters is 2. The average molecular weight is 702 g/mol. The van der Waals surface area contributed by atoms with Crippen molar-refractivity contribution in [2.45, 2.75) is 112 Å². The summed E-state index contributed by atoms with van der Waals surface area (Å²) in [4.78, 5) is 33.4. The normalized spacial score (nSPS) is 26.0. The summed E-state index contributed by atoms with van der Waals surface area (Å²) in [5.41, 5.74) is 9.80. The molecule has 5 rings (SSSR count). The first-order valence-corrected chi connectivity index (χ1v) is 18.3. The number of carbonyl (C=O) groups is 2. The highest BCUT2D eigenvalue weighted by molar-refractivity contribution is 6.12. The molecule has 278 valence electrons. The number of allylic oxidation sites excluding steroid dienone is 2. The van der Waals surface area contributed by atoms with Gasteiger partial charge < -0.3 is 35.6 Å². The van der Waals surface area contributed by atoms with Gasteiger partial charge in [0.1, 0.15) is 11.4 Å². The molecule has 2 saturated carbocycles. The van der Waals surface area contributed by atoms with Crippen LogP contribution in [0.2, 0.25) is 0 Å². The van der Waals surface area contributed by atoms with Crippen LogP contribution >= 0.6 is 0 Å². The summed E-state index contributed by atoms with van der Waals surface area (Å²) in [7, 11) is 1.39. The molecule has 0 spiro atoms. The molecule has 1 aromatic carbocycles. The predicted molar refractivity (Wildman–Crippen MR) is 202 cm³/mol. The van der Waals surface area contributed by atoms with Gasteiger partial charge in [0.25, 0.3) is 0 Å². The number of ether oxygens (including phenoxy) is 3. The molecule has 1 aromatic heterocycles. The number of aromatic nitrogens is 1. The summed E-state index contributed by atoms with van der Waals surface area (Å²) in [5, 5.41) is 12.2. The molecule has 2 heterocycles. The molecular weight excluding hydrogens is 642 g/mol. The van der Waals surface area contributed by atoms with Crippen LogP contribution in [0.25, 0.3) is 5.57 Å². The van der Waals surface area contributed by atoms with Gasteiger partial charge in [-0.05, 0) is 112 Å². The largest absolute Gasteiger partial charge is 0.465 e. The van der Waals surface area contributed by atoms with Gasteiger partial charge in [-0.25, -0.2) is 14.6 Å². The molecule has 2 bridgehead atoms. The predicted octanol–water partition coefficient (Wildman–Crippen LogP) is 7.09. The van der Waals surface area contributed by atoms with Crippen molar-refractivity contribution in [1.82, 2.24) is 10.3 Å². The van der Waals surface area contributed by atoms with Crippen LogP contribution in [0.1, 0.15) is 125 Å². The third-order valence-electron chi connectivity index (χ3n) is 10.7. The van der Waals surface area contributed by atoms with E-state index in [2.05, 4.69) is 37.9 Å². The van der Waals surface area contributed by atoms with Crippen molar-refractivity contribution in [2.24, 2.45) is 22.0 Å². The van der Waals surface area contributed by atoms with Crippen molar-refractivity contribution in [3.8, 4) is 0 Å². The van der Waals surface area contributed by atoms with Gasteiger partial charge >= 0.3 is 11.9 Å².